The molecule has 1 saturated heterocycles. The van der Waals surface area contributed by atoms with Crippen molar-refractivity contribution in [1.29, 1.82) is 0 Å². The van der Waals surface area contributed by atoms with E-state index in [0.717, 1.165) is 17.1 Å². The van der Waals surface area contributed by atoms with Crippen LogP contribution in [-0.4, -0.2) is 71.3 Å². The molecule has 0 atom stereocenters. The molecule has 1 amide bonds. The Morgan fingerprint density at radius 1 is 1.03 bits per heavy atom. The number of hydrogen-bond donors (Lipinski definition) is 1. The van der Waals surface area contributed by atoms with Crippen LogP contribution in [-0.2, 0) is 27.9 Å². The SMILES string of the molecule is O=C(Cn1cncn1)Nc1cccc(S(=O)(=O)N2CCN(Cc3ccc4c(c3)OCO4)CC2)c1. The summed E-state index contributed by atoms with van der Waals surface area (Å²) in [7, 11) is -3.68. The average molecular weight is 485 g/mol. The van der Waals surface area contributed by atoms with Crippen LogP contribution in [0, 0.1) is 0 Å². The van der Waals surface area contributed by atoms with Gasteiger partial charge in [0, 0.05) is 38.4 Å². The predicted octanol–water partition coefficient (Wildman–Crippen LogP) is 1.15. The molecule has 0 radical (unpaired) electrons. The van der Waals surface area contributed by atoms with Crippen LogP contribution in [0.15, 0.2) is 60.0 Å². The zero-order valence-electron chi connectivity index (χ0n) is 18.3. The fourth-order valence-electron chi connectivity index (χ4n) is 3.97. The van der Waals surface area contributed by atoms with Gasteiger partial charge in [-0.1, -0.05) is 12.1 Å². The quantitative estimate of drug-likeness (QED) is 0.531. The van der Waals surface area contributed by atoms with Crippen LogP contribution in [0.3, 0.4) is 0 Å². The lowest BCUT2D eigenvalue weighted by molar-refractivity contribution is -0.116. The number of nitrogens with one attached hydrogen (secondary N) is 1. The van der Waals surface area contributed by atoms with Crippen molar-refractivity contribution in [3.8, 4) is 11.5 Å². The van der Waals surface area contributed by atoms with Crippen molar-refractivity contribution >= 4 is 21.6 Å². The van der Waals surface area contributed by atoms with Crippen LogP contribution in [0.5, 0.6) is 11.5 Å². The minimum absolute atomic E-state index is 0.0116. The van der Waals surface area contributed by atoms with Gasteiger partial charge >= 0.3 is 0 Å². The molecular weight excluding hydrogens is 460 g/mol. The largest absolute Gasteiger partial charge is 0.454 e. The van der Waals surface area contributed by atoms with Gasteiger partial charge in [-0.3, -0.25) is 9.69 Å². The van der Waals surface area contributed by atoms with Gasteiger partial charge in [0.15, 0.2) is 11.5 Å². The Labute approximate surface area is 196 Å². The molecular formula is C22H24N6O5S. The summed E-state index contributed by atoms with van der Waals surface area (Å²) in [6.07, 6.45) is 2.78. The summed E-state index contributed by atoms with van der Waals surface area (Å²) in [6.45, 7) is 2.93. The first kappa shape index (κ1) is 22.3. The number of aromatic nitrogens is 3. The Kier molecular flexibility index (Phi) is 6.18. The number of amides is 1. The summed E-state index contributed by atoms with van der Waals surface area (Å²) in [6, 6.07) is 12.2. The summed E-state index contributed by atoms with van der Waals surface area (Å²) in [5.41, 5.74) is 1.50. The monoisotopic (exact) mass is 484 g/mol. The predicted molar refractivity (Wildman–Crippen MR) is 122 cm³/mol. The number of benzene rings is 2. The molecule has 12 heteroatoms. The third-order valence-electron chi connectivity index (χ3n) is 5.70. The van der Waals surface area contributed by atoms with Crippen LogP contribution in [0.1, 0.15) is 5.56 Å². The summed E-state index contributed by atoms with van der Waals surface area (Å²) < 4.78 is 40.1. The minimum atomic E-state index is -3.68. The number of anilines is 1. The van der Waals surface area contributed by atoms with Crippen LogP contribution in [0.2, 0.25) is 0 Å². The lowest BCUT2D eigenvalue weighted by atomic mass is 10.2. The molecule has 11 nitrogen and oxygen atoms in total. The number of nitrogens with zero attached hydrogens (tertiary/aromatic N) is 5. The van der Waals surface area contributed by atoms with E-state index in [0.29, 0.717) is 38.4 Å². The highest BCUT2D eigenvalue weighted by Gasteiger charge is 2.29. The second kappa shape index (κ2) is 9.41. The molecule has 1 N–H and O–H groups in total. The van der Waals surface area contributed by atoms with Crippen LogP contribution in [0.4, 0.5) is 5.69 Å². The minimum Gasteiger partial charge on any atom is -0.454 e. The summed E-state index contributed by atoms with van der Waals surface area (Å²) in [4.78, 5) is 18.4. The van der Waals surface area contributed by atoms with E-state index in [9.17, 15) is 13.2 Å². The van der Waals surface area contributed by atoms with Gasteiger partial charge in [0.25, 0.3) is 0 Å². The van der Waals surface area contributed by atoms with E-state index < -0.39 is 10.0 Å². The van der Waals surface area contributed by atoms with Crippen LogP contribution in [0.25, 0.3) is 0 Å². The Balaban J connectivity index is 1.19. The number of rotatable bonds is 7. The van der Waals surface area contributed by atoms with E-state index in [1.165, 1.54) is 27.7 Å². The summed E-state index contributed by atoms with van der Waals surface area (Å²) in [5, 5.41) is 6.60. The Bertz CT molecular complexity index is 1270. The van der Waals surface area contributed by atoms with Gasteiger partial charge in [0.1, 0.15) is 19.2 Å². The second-order valence-electron chi connectivity index (χ2n) is 8.04. The molecule has 34 heavy (non-hydrogen) atoms. The maximum atomic E-state index is 13.2. The van der Waals surface area contributed by atoms with E-state index in [1.807, 2.05) is 18.2 Å². The van der Waals surface area contributed by atoms with E-state index >= 15 is 0 Å². The number of fused-ring (bicyclic) bond motifs is 1. The first-order chi connectivity index (χ1) is 16.5. The van der Waals surface area contributed by atoms with E-state index in [-0.39, 0.29) is 24.1 Å². The molecule has 3 aromatic rings. The standard InChI is InChI=1S/C22H24N6O5S/c29-22(13-27-15-23-14-24-27)25-18-2-1-3-19(11-18)34(30,31)28-8-6-26(7-9-28)12-17-4-5-20-21(10-17)33-16-32-20/h1-5,10-11,14-15H,6-9,12-13,16H2,(H,25,29). The van der Waals surface area contributed by atoms with Crippen molar-refractivity contribution < 1.29 is 22.7 Å². The molecule has 1 fully saturated rings. The van der Waals surface area contributed by atoms with Gasteiger partial charge in [-0.2, -0.15) is 9.40 Å². The third kappa shape index (κ3) is 4.88. The van der Waals surface area contributed by atoms with Gasteiger partial charge < -0.3 is 14.8 Å². The Morgan fingerprint density at radius 2 is 1.85 bits per heavy atom. The Hall–Kier alpha value is -3.48. The van der Waals surface area contributed by atoms with Gasteiger partial charge in [-0.05, 0) is 35.9 Å². The lowest BCUT2D eigenvalue weighted by Crippen LogP contribution is -2.48. The number of hydrogen-bond acceptors (Lipinski definition) is 8. The molecule has 5 rings (SSSR count). The number of ether oxygens (including phenoxy) is 2. The van der Waals surface area contributed by atoms with Crippen molar-refractivity contribution in [3.05, 3.63) is 60.7 Å². The fraction of sp³-hybridized carbons (Fsp3) is 0.318. The zero-order chi connectivity index (χ0) is 23.5. The van der Waals surface area contributed by atoms with Gasteiger partial charge in [-0.15, -0.1) is 0 Å². The van der Waals surface area contributed by atoms with Gasteiger partial charge in [0.05, 0.1) is 4.90 Å². The van der Waals surface area contributed by atoms with Crippen molar-refractivity contribution in [2.24, 2.45) is 0 Å². The van der Waals surface area contributed by atoms with Crippen molar-refractivity contribution in [2.45, 2.75) is 18.0 Å². The maximum absolute atomic E-state index is 13.2. The Morgan fingerprint density at radius 3 is 2.65 bits per heavy atom. The highest BCUT2D eigenvalue weighted by atomic mass is 32.2. The molecule has 0 spiro atoms. The molecule has 3 heterocycles. The second-order valence-corrected chi connectivity index (χ2v) is 9.97. The van der Waals surface area contributed by atoms with Crippen molar-refractivity contribution in [2.75, 3.05) is 38.3 Å². The molecule has 0 unspecified atom stereocenters. The molecule has 0 bridgehead atoms. The normalized spacial score (nSPS) is 16.5. The topological polar surface area (TPSA) is 119 Å². The van der Waals surface area contributed by atoms with Gasteiger partial charge in [-0.25, -0.2) is 18.1 Å². The first-order valence-electron chi connectivity index (χ1n) is 10.8. The highest BCUT2D eigenvalue weighted by Crippen LogP contribution is 2.33. The molecule has 1 aromatic heterocycles. The highest BCUT2D eigenvalue weighted by molar-refractivity contribution is 7.89. The van der Waals surface area contributed by atoms with Crippen LogP contribution >= 0.6 is 0 Å². The van der Waals surface area contributed by atoms with Crippen LogP contribution < -0.4 is 14.8 Å². The van der Waals surface area contributed by atoms with Crippen molar-refractivity contribution in [3.63, 3.8) is 0 Å². The molecule has 0 aliphatic carbocycles. The smallest absolute Gasteiger partial charge is 0.246 e. The lowest BCUT2D eigenvalue weighted by Gasteiger charge is -2.34. The summed E-state index contributed by atoms with van der Waals surface area (Å²) >= 11 is 0. The molecule has 2 aliphatic heterocycles. The van der Waals surface area contributed by atoms with E-state index in [4.69, 9.17) is 9.47 Å². The van der Waals surface area contributed by atoms with Crippen molar-refractivity contribution in [1.82, 2.24) is 24.0 Å². The number of piperazine rings is 1. The van der Waals surface area contributed by atoms with Gasteiger partial charge in [0.2, 0.25) is 22.7 Å². The van der Waals surface area contributed by atoms with E-state index in [1.54, 1.807) is 18.2 Å². The average Bonchev–Trinajstić information content (AvgIpc) is 3.51. The number of sulfonamides is 1. The maximum Gasteiger partial charge on any atom is 0.246 e. The summed E-state index contributed by atoms with van der Waals surface area (Å²) in [5.74, 6) is 1.17. The molecule has 0 saturated carbocycles. The molecule has 2 aliphatic rings. The number of carbonyl (C=O) groups is 1. The zero-order valence-corrected chi connectivity index (χ0v) is 19.1. The van der Waals surface area contributed by atoms with E-state index in [2.05, 4.69) is 20.3 Å². The fourth-order valence-corrected chi connectivity index (χ4v) is 5.44. The number of carbonyl (C=O) groups excluding carboxylic acids is 1. The third-order valence-corrected chi connectivity index (χ3v) is 7.60. The molecule has 178 valence electrons. The first-order valence-corrected chi connectivity index (χ1v) is 12.2. The molecule has 2 aromatic carbocycles.